The second kappa shape index (κ2) is 5.66. The molecule has 0 radical (unpaired) electrons. The Balaban J connectivity index is 2.41. The van der Waals surface area contributed by atoms with E-state index in [0.717, 1.165) is 0 Å². The van der Waals surface area contributed by atoms with Gasteiger partial charge >= 0.3 is 5.97 Å². The molecule has 4 nitrogen and oxygen atoms in total. The molecule has 0 bridgehead atoms. The van der Waals surface area contributed by atoms with Gasteiger partial charge in [-0.2, -0.15) is 0 Å². The summed E-state index contributed by atoms with van der Waals surface area (Å²) in [6.45, 7) is 1.28. The van der Waals surface area contributed by atoms with Gasteiger partial charge in [0, 0.05) is 18.7 Å². The van der Waals surface area contributed by atoms with Crippen LogP contribution in [0.2, 0.25) is 5.02 Å². The van der Waals surface area contributed by atoms with Crippen molar-refractivity contribution in [2.45, 2.75) is 6.92 Å². The van der Waals surface area contributed by atoms with Crippen molar-refractivity contribution in [2.75, 3.05) is 0 Å². The van der Waals surface area contributed by atoms with E-state index >= 15 is 0 Å². The van der Waals surface area contributed by atoms with Crippen LogP contribution >= 0.6 is 11.6 Å². The molecule has 0 aliphatic rings. The van der Waals surface area contributed by atoms with E-state index in [1.165, 1.54) is 17.6 Å². The fraction of sp³-hybridized carbons (Fsp3) is 0.0588. The van der Waals surface area contributed by atoms with Gasteiger partial charge in [-0.05, 0) is 24.3 Å². The Kier molecular flexibility index (Phi) is 3.69. The maximum atomic E-state index is 12.5. The van der Waals surface area contributed by atoms with Crippen molar-refractivity contribution in [3.05, 3.63) is 70.0 Å². The molecule has 5 heteroatoms. The Morgan fingerprint density at radius 3 is 2.50 bits per heavy atom. The fourth-order valence-electron chi connectivity index (χ4n) is 2.39. The first-order valence-corrected chi connectivity index (χ1v) is 7.04. The lowest BCUT2D eigenvalue weighted by atomic mass is 10.1. The first-order chi connectivity index (χ1) is 10.6. The quantitative estimate of drug-likeness (QED) is 0.680. The molecule has 0 spiro atoms. The zero-order valence-corrected chi connectivity index (χ0v) is 12.5. The number of benzene rings is 2. The Hall–Kier alpha value is -2.59. The van der Waals surface area contributed by atoms with E-state index in [1.807, 2.05) is 30.3 Å². The van der Waals surface area contributed by atoms with Crippen molar-refractivity contribution in [3.8, 4) is 11.4 Å². The smallest absolute Gasteiger partial charge is 0.308 e. The molecule has 3 rings (SSSR count). The van der Waals surface area contributed by atoms with Crippen molar-refractivity contribution < 1.29 is 9.53 Å². The molecule has 0 fully saturated rings. The summed E-state index contributed by atoms with van der Waals surface area (Å²) in [6.07, 6.45) is 0. The number of hydrogen-bond donors (Lipinski definition) is 0. The monoisotopic (exact) mass is 313 g/mol. The number of halogens is 1. The van der Waals surface area contributed by atoms with Gasteiger partial charge < -0.3 is 4.74 Å². The SMILES string of the molecule is CC(=O)Oc1cc(=O)n(-c2ccccc2)c2cccc(Cl)c12. The Morgan fingerprint density at radius 1 is 1.09 bits per heavy atom. The van der Waals surface area contributed by atoms with Crippen molar-refractivity contribution in [3.63, 3.8) is 0 Å². The predicted molar refractivity (Wildman–Crippen MR) is 85.9 cm³/mol. The number of pyridine rings is 1. The van der Waals surface area contributed by atoms with Gasteiger partial charge in [0.2, 0.25) is 0 Å². The van der Waals surface area contributed by atoms with Gasteiger partial charge in [0.25, 0.3) is 5.56 Å². The molecule has 3 aromatic rings. The van der Waals surface area contributed by atoms with E-state index in [0.29, 0.717) is 21.6 Å². The molecule has 0 amide bonds. The molecule has 0 aliphatic heterocycles. The highest BCUT2D eigenvalue weighted by molar-refractivity contribution is 6.36. The van der Waals surface area contributed by atoms with Crippen molar-refractivity contribution >= 4 is 28.5 Å². The Morgan fingerprint density at radius 2 is 1.82 bits per heavy atom. The lowest BCUT2D eigenvalue weighted by Crippen LogP contribution is -2.19. The summed E-state index contributed by atoms with van der Waals surface area (Å²) in [5, 5.41) is 0.946. The minimum atomic E-state index is -0.502. The highest BCUT2D eigenvalue weighted by Crippen LogP contribution is 2.32. The number of para-hydroxylation sites is 1. The fourth-order valence-corrected chi connectivity index (χ4v) is 2.65. The van der Waals surface area contributed by atoms with E-state index in [9.17, 15) is 9.59 Å². The average Bonchev–Trinajstić information content (AvgIpc) is 2.47. The van der Waals surface area contributed by atoms with Gasteiger partial charge in [0.1, 0.15) is 5.75 Å². The first kappa shape index (κ1) is 14.4. The summed E-state index contributed by atoms with van der Waals surface area (Å²) in [4.78, 5) is 23.7. The number of ether oxygens (including phenoxy) is 1. The Labute approximate surface area is 131 Å². The minimum Gasteiger partial charge on any atom is -0.426 e. The number of aromatic nitrogens is 1. The normalized spacial score (nSPS) is 10.6. The molecule has 0 saturated heterocycles. The number of fused-ring (bicyclic) bond motifs is 1. The van der Waals surface area contributed by atoms with Crippen molar-refractivity contribution in [1.29, 1.82) is 0 Å². The van der Waals surface area contributed by atoms with E-state index in [1.54, 1.807) is 18.2 Å². The summed E-state index contributed by atoms with van der Waals surface area (Å²) in [6, 6.07) is 15.7. The molecule has 0 N–H and O–H groups in total. The summed E-state index contributed by atoms with van der Waals surface area (Å²) in [5.74, 6) is -0.330. The summed E-state index contributed by atoms with van der Waals surface area (Å²) in [7, 11) is 0. The van der Waals surface area contributed by atoms with Crippen LogP contribution in [-0.4, -0.2) is 10.5 Å². The first-order valence-electron chi connectivity index (χ1n) is 6.66. The second-order valence-corrected chi connectivity index (χ2v) is 5.15. The van der Waals surface area contributed by atoms with Crippen molar-refractivity contribution in [1.82, 2.24) is 4.57 Å². The van der Waals surface area contributed by atoms with Crippen LogP contribution in [0.1, 0.15) is 6.92 Å². The number of carbonyl (C=O) groups excluding carboxylic acids is 1. The van der Waals surface area contributed by atoms with E-state index in [4.69, 9.17) is 16.3 Å². The molecule has 1 aromatic heterocycles. The lowest BCUT2D eigenvalue weighted by molar-refractivity contribution is -0.131. The van der Waals surface area contributed by atoms with Crippen LogP contribution < -0.4 is 10.3 Å². The number of nitrogens with zero attached hydrogens (tertiary/aromatic N) is 1. The van der Waals surface area contributed by atoms with E-state index < -0.39 is 5.97 Å². The van der Waals surface area contributed by atoms with Gasteiger partial charge in [-0.3, -0.25) is 14.2 Å². The van der Waals surface area contributed by atoms with Crippen LogP contribution in [0.25, 0.3) is 16.6 Å². The zero-order chi connectivity index (χ0) is 15.7. The van der Waals surface area contributed by atoms with Crippen molar-refractivity contribution in [2.24, 2.45) is 0 Å². The third-order valence-electron chi connectivity index (χ3n) is 3.22. The summed E-state index contributed by atoms with van der Waals surface area (Å²) in [5.41, 5.74) is 1.01. The molecular weight excluding hydrogens is 302 g/mol. The van der Waals surface area contributed by atoms with Crippen LogP contribution in [0.5, 0.6) is 5.75 Å². The van der Waals surface area contributed by atoms with E-state index in [-0.39, 0.29) is 11.3 Å². The third kappa shape index (κ3) is 2.49. The number of esters is 1. The van der Waals surface area contributed by atoms with Crippen LogP contribution in [0, 0.1) is 0 Å². The van der Waals surface area contributed by atoms with Gasteiger partial charge in [0.05, 0.1) is 15.9 Å². The topological polar surface area (TPSA) is 48.3 Å². The number of hydrogen-bond acceptors (Lipinski definition) is 3. The lowest BCUT2D eigenvalue weighted by Gasteiger charge is -2.14. The second-order valence-electron chi connectivity index (χ2n) is 4.75. The van der Waals surface area contributed by atoms with Gasteiger partial charge in [0.15, 0.2) is 0 Å². The molecule has 0 atom stereocenters. The van der Waals surface area contributed by atoms with Gasteiger partial charge in [-0.1, -0.05) is 35.9 Å². The maximum absolute atomic E-state index is 12.5. The van der Waals surface area contributed by atoms with E-state index in [2.05, 4.69) is 0 Å². The molecule has 0 saturated carbocycles. The molecule has 110 valence electrons. The van der Waals surface area contributed by atoms with Crippen LogP contribution in [0.3, 0.4) is 0 Å². The standard InChI is InChI=1S/C17H12ClNO3/c1-11(20)22-15-10-16(21)19(12-6-3-2-4-7-12)14-9-5-8-13(18)17(14)15/h2-10H,1H3. The molecule has 0 aliphatic carbocycles. The van der Waals surface area contributed by atoms with Gasteiger partial charge in [-0.15, -0.1) is 0 Å². The molecule has 0 unspecified atom stereocenters. The largest absolute Gasteiger partial charge is 0.426 e. The van der Waals surface area contributed by atoms with Crippen LogP contribution in [-0.2, 0) is 4.79 Å². The molecule has 2 aromatic carbocycles. The Bertz CT molecular complexity index is 916. The highest BCUT2D eigenvalue weighted by atomic mass is 35.5. The number of rotatable bonds is 2. The molecular formula is C17H12ClNO3. The third-order valence-corrected chi connectivity index (χ3v) is 3.54. The molecule has 1 heterocycles. The summed E-state index contributed by atoms with van der Waals surface area (Å²) >= 11 is 6.25. The average molecular weight is 314 g/mol. The van der Waals surface area contributed by atoms with Crippen LogP contribution in [0.15, 0.2) is 59.4 Å². The predicted octanol–water partition coefficient (Wildman–Crippen LogP) is 3.57. The van der Waals surface area contributed by atoms with Gasteiger partial charge in [-0.25, -0.2) is 0 Å². The number of carbonyl (C=O) groups is 1. The van der Waals surface area contributed by atoms with Crippen LogP contribution in [0.4, 0.5) is 0 Å². The molecule has 22 heavy (non-hydrogen) atoms. The minimum absolute atomic E-state index is 0.172. The summed E-state index contributed by atoms with van der Waals surface area (Å²) < 4.78 is 6.68. The zero-order valence-electron chi connectivity index (χ0n) is 11.7. The highest BCUT2D eigenvalue weighted by Gasteiger charge is 2.15. The maximum Gasteiger partial charge on any atom is 0.308 e.